The lowest BCUT2D eigenvalue weighted by Crippen LogP contribution is -2.28. The summed E-state index contributed by atoms with van der Waals surface area (Å²) in [6.45, 7) is 0. The van der Waals surface area contributed by atoms with Gasteiger partial charge in [-0.25, -0.2) is 9.97 Å². The van der Waals surface area contributed by atoms with E-state index in [-0.39, 0.29) is 0 Å². The molecule has 3 nitrogen and oxygen atoms in total. The van der Waals surface area contributed by atoms with E-state index >= 15 is 0 Å². The molecule has 0 saturated heterocycles. The summed E-state index contributed by atoms with van der Waals surface area (Å²) in [6, 6.07) is 64.3. The van der Waals surface area contributed by atoms with Crippen LogP contribution in [0, 0.1) is 0 Å². The van der Waals surface area contributed by atoms with Crippen molar-refractivity contribution in [3.63, 3.8) is 0 Å². The molecule has 2 heterocycles. The quantitative estimate of drug-likeness (QED) is 0.185. The van der Waals surface area contributed by atoms with Gasteiger partial charge in [0.05, 0.1) is 22.5 Å². The third-order valence-corrected chi connectivity index (χ3v) is 9.63. The number of nitrogens with zero attached hydrogens (tertiary/aromatic N) is 3. The number of rotatable bonds is 6. The van der Waals surface area contributed by atoms with Crippen molar-refractivity contribution in [2.75, 3.05) is 0 Å². The Labute approximate surface area is 286 Å². The number of hydrogen-bond acceptors (Lipinski definition) is 3. The van der Waals surface area contributed by atoms with Crippen LogP contribution in [0.5, 0.6) is 0 Å². The Balaban J connectivity index is 1.30. The summed E-state index contributed by atoms with van der Waals surface area (Å²) in [5, 5.41) is 0. The predicted molar refractivity (Wildman–Crippen MR) is 199 cm³/mol. The molecule has 2 aromatic heterocycles. The van der Waals surface area contributed by atoms with Gasteiger partial charge in [-0.3, -0.25) is 4.98 Å². The lowest BCUT2D eigenvalue weighted by Gasteiger charge is -2.34. The maximum absolute atomic E-state index is 5.19. The summed E-state index contributed by atoms with van der Waals surface area (Å²) in [4.78, 5) is 14.9. The minimum absolute atomic E-state index is 0.564. The van der Waals surface area contributed by atoms with Crippen LogP contribution >= 0.6 is 0 Å². The second-order valence-electron chi connectivity index (χ2n) is 12.4. The zero-order valence-electron chi connectivity index (χ0n) is 26.7. The Kier molecular flexibility index (Phi) is 7.02. The summed E-state index contributed by atoms with van der Waals surface area (Å²) < 4.78 is 0. The Morgan fingerprint density at radius 1 is 0.347 bits per heavy atom. The van der Waals surface area contributed by atoms with Crippen LogP contribution < -0.4 is 0 Å². The first kappa shape index (κ1) is 28.7. The lowest BCUT2D eigenvalue weighted by atomic mass is 9.67. The number of fused-ring (bicyclic) bond motifs is 3. The summed E-state index contributed by atoms with van der Waals surface area (Å²) in [7, 11) is 0. The standard InChI is InChI=1S/C46H31N3/c1-3-15-32(16-4-1)43-31-44(49-45(48-43)33-17-5-2-6-18-33)35-20-14-22-37(30-35)46(36-21-13-19-34(29-36)42-27-11-12-28-47-42)40-25-9-7-23-38(40)39-24-8-10-26-41(39)46/h1-31H. The van der Waals surface area contributed by atoms with Crippen LogP contribution in [0.1, 0.15) is 22.3 Å². The van der Waals surface area contributed by atoms with Crippen LogP contribution in [-0.2, 0) is 5.41 Å². The molecule has 1 aliphatic carbocycles. The van der Waals surface area contributed by atoms with E-state index in [1.807, 2.05) is 42.6 Å². The van der Waals surface area contributed by atoms with Crippen molar-refractivity contribution >= 4 is 0 Å². The molecular formula is C46H31N3. The normalized spacial score (nSPS) is 12.7. The van der Waals surface area contributed by atoms with E-state index in [4.69, 9.17) is 15.0 Å². The van der Waals surface area contributed by atoms with Gasteiger partial charge >= 0.3 is 0 Å². The van der Waals surface area contributed by atoms with Crippen LogP contribution in [0.3, 0.4) is 0 Å². The summed E-state index contributed by atoms with van der Waals surface area (Å²) in [5.74, 6) is 0.705. The molecule has 0 spiro atoms. The highest BCUT2D eigenvalue weighted by Crippen LogP contribution is 2.56. The molecule has 230 valence electrons. The van der Waals surface area contributed by atoms with Gasteiger partial charge in [0.2, 0.25) is 0 Å². The molecule has 3 heteroatoms. The number of pyridine rings is 1. The molecule has 1 aliphatic rings. The summed E-state index contributed by atoms with van der Waals surface area (Å²) >= 11 is 0. The molecule has 0 unspecified atom stereocenters. The predicted octanol–water partition coefficient (Wildman–Crippen LogP) is 10.9. The second-order valence-corrected chi connectivity index (χ2v) is 12.4. The topological polar surface area (TPSA) is 38.7 Å². The first-order valence-corrected chi connectivity index (χ1v) is 16.6. The van der Waals surface area contributed by atoms with Crippen LogP contribution in [0.2, 0.25) is 0 Å². The van der Waals surface area contributed by atoms with Gasteiger partial charge in [-0.05, 0) is 63.7 Å². The van der Waals surface area contributed by atoms with E-state index in [2.05, 4.69) is 146 Å². The zero-order valence-corrected chi connectivity index (χ0v) is 26.7. The highest BCUT2D eigenvalue weighted by Gasteiger charge is 2.46. The Hall–Kier alpha value is -6.45. The van der Waals surface area contributed by atoms with Crippen LogP contribution in [-0.4, -0.2) is 15.0 Å². The molecule has 0 radical (unpaired) electrons. The van der Waals surface area contributed by atoms with Gasteiger partial charge in [-0.1, -0.05) is 152 Å². The van der Waals surface area contributed by atoms with E-state index in [1.165, 1.54) is 33.4 Å². The van der Waals surface area contributed by atoms with E-state index in [0.717, 1.165) is 39.3 Å². The highest BCUT2D eigenvalue weighted by molar-refractivity contribution is 5.87. The molecule has 0 aliphatic heterocycles. The molecule has 0 fully saturated rings. The molecule has 9 rings (SSSR count). The largest absolute Gasteiger partial charge is 0.256 e. The maximum atomic E-state index is 5.19. The van der Waals surface area contributed by atoms with Crippen molar-refractivity contribution < 1.29 is 0 Å². The molecule has 0 saturated carbocycles. The fourth-order valence-electron chi connectivity index (χ4n) is 7.45. The lowest BCUT2D eigenvalue weighted by molar-refractivity contribution is 0.769. The first-order chi connectivity index (χ1) is 24.3. The summed E-state index contributed by atoms with van der Waals surface area (Å²) in [6.07, 6.45) is 1.86. The van der Waals surface area contributed by atoms with Gasteiger partial charge in [0, 0.05) is 28.5 Å². The maximum Gasteiger partial charge on any atom is 0.160 e. The van der Waals surface area contributed by atoms with E-state index in [0.29, 0.717) is 5.82 Å². The van der Waals surface area contributed by atoms with Crippen molar-refractivity contribution in [3.05, 3.63) is 210 Å². The van der Waals surface area contributed by atoms with Gasteiger partial charge in [-0.15, -0.1) is 0 Å². The van der Waals surface area contributed by atoms with Gasteiger partial charge in [-0.2, -0.15) is 0 Å². The van der Waals surface area contributed by atoms with Crippen molar-refractivity contribution in [2.24, 2.45) is 0 Å². The Morgan fingerprint density at radius 2 is 0.837 bits per heavy atom. The smallest absolute Gasteiger partial charge is 0.160 e. The van der Waals surface area contributed by atoms with Gasteiger partial charge in [0.25, 0.3) is 0 Å². The van der Waals surface area contributed by atoms with Gasteiger partial charge < -0.3 is 0 Å². The van der Waals surface area contributed by atoms with Crippen molar-refractivity contribution in [3.8, 4) is 56.3 Å². The minimum atomic E-state index is -0.564. The Morgan fingerprint density at radius 3 is 1.43 bits per heavy atom. The van der Waals surface area contributed by atoms with Crippen LogP contribution in [0.25, 0.3) is 56.3 Å². The van der Waals surface area contributed by atoms with E-state index < -0.39 is 5.41 Å². The molecule has 49 heavy (non-hydrogen) atoms. The third-order valence-electron chi connectivity index (χ3n) is 9.63. The Bertz CT molecular complexity index is 2330. The molecule has 8 aromatic rings. The average molecular weight is 626 g/mol. The van der Waals surface area contributed by atoms with Crippen molar-refractivity contribution in [1.82, 2.24) is 15.0 Å². The van der Waals surface area contributed by atoms with Crippen LogP contribution in [0.4, 0.5) is 0 Å². The van der Waals surface area contributed by atoms with Crippen molar-refractivity contribution in [1.29, 1.82) is 0 Å². The third kappa shape index (κ3) is 4.87. The number of benzene rings is 6. The fourth-order valence-corrected chi connectivity index (χ4v) is 7.45. The monoisotopic (exact) mass is 625 g/mol. The number of hydrogen-bond donors (Lipinski definition) is 0. The average Bonchev–Trinajstić information content (AvgIpc) is 3.50. The molecular weight excluding hydrogens is 595 g/mol. The first-order valence-electron chi connectivity index (χ1n) is 16.6. The molecule has 0 amide bonds. The molecule has 0 bridgehead atoms. The van der Waals surface area contributed by atoms with Gasteiger partial charge in [0.1, 0.15) is 0 Å². The second kappa shape index (κ2) is 12.0. The van der Waals surface area contributed by atoms with Gasteiger partial charge in [0.15, 0.2) is 5.82 Å². The molecule has 6 aromatic carbocycles. The highest BCUT2D eigenvalue weighted by atomic mass is 14.9. The number of aromatic nitrogens is 3. The SMILES string of the molecule is c1ccc(-c2cc(-c3cccc(C4(c5cccc(-c6ccccn6)c5)c5ccccc5-c5ccccc54)c3)nc(-c3ccccc3)n2)cc1. The minimum Gasteiger partial charge on any atom is -0.256 e. The zero-order chi connectivity index (χ0) is 32.6. The summed E-state index contributed by atoms with van der Waals surface area (Å²) in [5.41, 5.74) is 13.8. The van der Waals surface area contributed by atoms with Crippen LogP contribution in [0.15, 0.2) is 188 Å². The van der Waals surface area contributed by atoms with E-state index in [1.54, 1.807) is 0 Å². The molecule has 0 N–H and O–H groups in total. The van der Waals surface area contributed by atoms with Crippen molar-refractivity contribution in [2.45, 2.75) is 5.41 Å². The molecule has 0 atom stereocenters. The fraction of sp³-hybridized carbons (Fsp3) is 0.0217. The van der Waals surface area contributed by atoms with E-state index in [9.17, 15) is 0 Å².